The number of carbonyl (C=O) groups excluding carboxylic acids is 2. The van der Waals surface area contributed by atoms with Gasteiger partial charge in [-0.3, -0.25) is 14.9 Å². The second-order valence-corrected chi connectivity index (χ2v) is 7.18. The molecular weight excluding hydrogens is 356 g/mol. The standard InChI is InChI=1S/C17H16N4O2S2/c1-3-14-19-20-17(25-14)18-15(22)11-7-4-5-8-12(11)21(2)16(23)13-9-6-10-24-13/h4-10H,3H2,1-2H3,(H,18,20,22). The summed E-state index contributed by atoms with van der Waals surface area (Å²) >= 11 is 2.71. The van der Waals surface area contributed by atoms with Crippen molar-refractivity contribution in [2.45, 2.75) is 13.3 Å². The lowest BCUT2D eigenvalue weighted by molar-refractivity contribution is 0.0996. The third kappa shape index (κ3) is 3.75. The van der Waals surface area contributed by atoms with Gasteiger partial charge >= 0.3 is 0 Å². The van der Waals surface area contributed by atoms with E-state index in [9.17, 15) is 9.59 Å². The molecule has 128 valence electrons. The Morgan fingerprint density at radius 2 is 1.96 bits per heavy atom. The van der Waals surface area contributed by atoms with Crippen LogP contribution in [0.25, 0.3) is 0 Å². The van der Waals surface area contributed by atoms with Crippen LogP contribution in [0.15, 0.2) is 41.8 Å². The maximum Gasteiger partial charge on any atom is 0.268 e. The zero-order valence-electron chi connectivity index (χ0n) is 13.7. The number of anilines is 2. The minimum atomic E-state index is -0.319. The van der Waals surface area contributed by atoms with Gasteiger partial charge in [0.25, 0.3) is 11.8 Å². The number of rotatable bonds is 5. The number of hydrogen-bond donors (Lipinski definition) is 1. The molecule has 1 aromatic carbocycles. The molecule has 3 aromatic rings. The summed E-state index contributed by atoms with van der Waals surface area (Å²) in [6.45, 7) is 1.98. The molecule has 0 aliphatic carbocycles. The maximum atomic E-state index is 12.6. The van der Waals surface area contributed by atoms with Gasteiger partial charge in [-0.25, -0.2) is 0 Å². The van der Waals surface area contributed by atoms with E-state index in [0.717, 1.165) is 11.4 Å². The molecule has 8 heteroatoms. The van der Waals surface area contributed by atoms with Crippen molar-refractivity contribution in [1.29, 1.82) is 0 Å². The van der Waals surface area contributed by atoms with Crippen LogP contribution in [0.1, 0.15) is 32.0 Å². The first-order valence-electron chi connectivity index (χ1n) is 7.64. The molecular formula is C17H16N4O2S2. The zero-order valence-corrected chi connectivity index (χ0v) is 15.4. The van der Waals surface area contributed by atoms with Gasteiger partial charge in [-0.15, -0.1) is 21.5 Å². The summed E-state index contributed by atoms with van der Waals surface area (Å²) in [4.78, 5) is 27.3. The highest BCUT2D eigenvalue weighted by Gasteiger charge is 2.20. The second kappa shape index (κ2) is 7.54. The van der Waals surface area contributed by atoms with Crippen molar-refractivity contribution in [3.63, 3.8) is 0 Å². The van der Waals surface area contributed by atoms with Crippen LogP contribution < -0.4 is 10.2 Å². The first-order chi connectivity index (χ1) is 12.1. The third-order valence-corrected chi connectivity index (χ3v) is 5.38. The van der Waals surface area contributed by atoms with E-state index in [1.807, 2.05) is 18.4 Å². The predicted molar refractivity (Wildman–Crippen MR) is 101 cm³/mol. The molecule has 0 saturated carbocycles. The van der Waals surface area contributed by atoms with Crippen molar-refractivity contribution in [2.75, 3.05) is 17.3 Å². The normalized spacial score (nSPS) is 10.5. The van der Waals surface area contributed by atoms with E-state index in [0.29, 0.717) is 21.3 Å². The average molecular weight is 372 g/mol. The predicted octanol–water partition coefficient (Wildman–Crippen LogP) is 3.69. The highest BCUT2D eigenvalue weighted by Crippen LogP contribution is 2.24. The molecule has 0 aliphatic heterocycles. The average Bonchev–Trinajstić information content (AvgIpc) is 3.32. The van der Waals surface area contributed by atoms with Gasteiger partial charge in [-0.2, -0.15) is 0 Å². The van der Waals surface area contributed by atoms with Crippen LogP contribution in [0.4, 0.5) is 10.8 Å². The first-order valence-corrected chi connectivity index (χ1v) is 9.34. The fourth-order valence-electron chi connectivity index (χ4n) is 2.24. The molecule has 2 aromatic heterocycles. The lowest BCUT2D eigenvalue weighted by Crippen LogP contribution is -2.28. The zero-order chi connectivity index (χ0) is 17.8. The van der Waals surface area contributed by atoms with Crippen LogP contribution in [0.3, 0.4) is 0 Å². The van der Waals surface area contributed by atoms with Crippen molar-refractivity contribution in [3.8, 4) is 0 Å². The number of para-hydroxylation sites is 1. The van der Waals surface area contributed by atoms with E-state index >= 15 is 0 Å². The third-order valence-electron chi connectivity index (χ3n) is 3.54. The summed E-state index contributed by atoms with van der Waals surface area (Å²) in [5.41, 5.74) is 0.946. The summed E-state index contributed by atoms with van der Waals surface area (Å²) in [5, 5.41) is 13.9. The number of aromatic nitrogens is 2. The molecule has 25 heavy (non-hydrogen) atoms. The molecule has 3 rings (SSSR count). The molecule has 0 aliphatic rings. The molecule has 6 nitrogen and oxygen atoms in total. The van der Waals surface area contributed by atoms with Crippen LogP contribution in [-0.4, -0.2) is 29.1 Å². The number of thiophene rings is 1. The largest absolute Gasteiger partial charge is 0.310 e. The van der Waals surface area contributed by atoms with Crippen LogP contribution in [0.5, 0.6) is 0 Å². The Kier molecular flexibility index (Phi) is 5.20. The molecule has 2 amide bonds. The van der Waals surface area contributed by atoms with Crippen molar-refractivity contribution in [1.82, 2.24) is 10.2 Å². The number of aryl methyl sites for hydroxylation is 1. The maximum absolute atomic E-state index is 12.6. The second-order valence-electron chi connectivity index (χ2n) is 5.17. The fourth-order valence-corrected chi connectivity index (χ4v) is 3.62. The molecule has 0 radical (unpaired) electrons. The summed E-state index contributed by atoms with van der Waals surface area (Å²) < 4.78 is 0. The van der Waals surface area contributed by atoms with E-state index in [2.05, 4.69) is 15.5 Å². The van der Waals surface area contributed by atoms with E-state index in [1.54, 1.807) is 37.4 Å². The van der Waals surface area contributed by atoms with Crippen molar-refractivity contribution in [2.24, 2.45) is 0 Å². The van der Waals surface area contributed by atoms with Crippen molar-refractivity contribution >= 4 is 45.3 Å². The lowest BCUT2D eigenvalue weighted by Gasteiger charge is -2.19. The number of hydrogen-bond acceptors (Lipinski definition) is 6. The van der Waals surface area contributed by atoms with Gasteiger partial charge < -0.3 is 4.90 Å². The topological polar surface area (TPSA) is 75.2 Å². The SMILES string of the molecule is CCc1nnc(NC(=O)c2ccccc2N(C)C(=O)c2cccs2)s1. The number of carbonyl (C=O) groups is 2. The fraction of sp³-hybridized carbons (Fsp3) is 0.176. The first kappa shape index (κ1) is 17.2. The number of benzene rings is 1. The molecule has 0 saturated heterocycles. The van der Waals surface area contributed by atoms with E-state index in [1.165, 1.54) is 27.6 Å². The van der Waals surface area contributed by atoms with E-state index in [-0.39, 0.29) is 11.8 Å². The van der Waals surface area contributed by atoms with Gasteiger partial charge in [0, 0.05) is 7.05 Å². The van der Waals surface area contributed by atoms with Gasteiger partial charge in [-0.05, 0) is 30.0 Å². The van der Waals surface area contributed by atoms with Gasteiger partial charge in [0.15, 0.2) is 0 Å². The quantitative estimate of drug-likeness (QED) is 0.741. The summed E-state index contributed by atoms with van der Waals surface area (Å²) in [7, 11) is 1.66. The Morgan fingerprint density at radius 3 is 2.64 bits per heavy atom. The minimum Gasteiger partial charge on any atom is -0.310 e. The highest BCUT2D eigenvalue weighted by molar-refractivity contribution is 7.15. The van der Waals surface area contributed by atoms with Crippen LogP contribution in [0, 0.1) is 0 Å². The van der Waals surface area contributed by atoms with Crippen molar-refractivity contribution < 1.29 is 9.59 Å². The molecule has 1 N–H and O–H groups in total. The monoisotopic (exact) mass is 372 g/mol. The molecule has 2 heterocycles. The Morgan fingerprint density at radius 1 is 1.16 bits per heavy atom. The molecule has 0 unspecified atom stereocenters. The molecule has 0 atom stereocenters. The Bertz CT molecular complexity index is 890. The highest BCUT2D eigenvalue weighted by atomic mass is 32.1. The smallest absolute Gasteiger partial charge is 0.268 e. The van der Waals surface area contributed by atoms with Gasteiger partial charge in [-0.1, -0.05) is 36.5 Å². The molecule has 0 spiro atoms. The summed E-state index contributed by atoms with van der Waals surface area (Å²) in [6, 6.07) is 10.6. The van der Waals surface area contributed by atoms with Crippen LogP contribution in [-0.2, 0) is 6.42 Å². The van der Waals surface area contributed by atoms with Gasteiger partial charge in [0.1, 0.15) is 5.01 Å². The van der Waals surface area contributed by atoms with Crippen LogP contribution >= 0.6 is 22.7 Å². The minimum absolute atomic E-state index is 0.153. The number of nitrogens with one attached hydrogen (secondary N) is 1. The van der Waals surface area contributed by atoms with E-state index < -0.39 is 0 Å². The molecule has 0 fully saturated rings. The number of amides is 2. The Hall–Kier alpha value is -2.58. The Labute approximate surface area is 153 Å². The van der Waals surface area contributed by atoms with Gasteiger partial charge in [0.2, 0.25) is 5.13 Å². The summed E-state index contributed by atoms with van der Waals surface area (Å²) in [6.07, 6.45) is 0.766. The molecule has 0 bridgehead atoms. The van der Waals surface area contributed by atoms with E-state index in [4.69, 9.17) is 0 Å². The van der Waals surface area contributed by atoms with Crippen molar-refractivity contribution in [3.05, 3.63) is 57.2 Å². The van der Waals surface area contributed by atoms with Crippen LogP contribution in [0.2, 0.25) is 0 Å². The summed E-state index contributed by atoms with van der Waals surface area (Å²) in [5.74, 6) is -0.473. The lowest BCUT2D eigenvalue weighted by atomic mass is 10.1. The number of nitrogens with zero attached hydrogens (tertiary/aromatic N) is 3. The Balaban J connectivity index is 1.84. The van der Waals surface area contributed by atoms with Gasteiger partial charge in [0.05, 0.1) is 16.1 Å².